The highest BCUT2D eigenvalue weighted by Crippen LogP contribution is 2.48. The second kappa shape index (κ2) is 6.74. The second-order valence-electron chi connectivity index (χ2n) is 6.74. The van der Waals surface area contributed by atoms with Gasteiger partial charge in [0.1, 0.15) is 5.75 Å². The van der Waals surface area contributed by atoms with Crippen molar-refractivity contribution in [1.82, 2.24) is 0 Å². The molecule has 1 aliphatic rings. The van der Waals surface area contributed by atoms with Gasteiger partial charge in [-0.25, -0.2) is 0 Å². The van der Waals surface area contributed by atoms with Crippen LogP contribution < -0.4 is 0 Å². The van der Waals surface area contributed by atoms with Gasteiger partial charge in [0.25, 0.3) is 30.4 Å². The van der Waals surface area contributed by atoms with Crippen molar-refractivity contribution in [2.24, 2.45) is 11.3 Å². The zero-order valence-corrected chi connectivity index (χ0v) is 16.7. The van der Waals surface area contributed by atoms with Gasteiger partial charge in [-0.1, -0.05) is 19.4 Å². The lowest BCUT2D eigenvalue weighted by Gasteiger charge is -2.42. The molecule has 12 heteroatoms. The first-order valence-electron chi connectivity index (χ1n) is 7.11. The largest absolute Gasteiger partial charge is 0.286 e. The van der Waals surface area contributed by atoms with Gasteiger partial charge < -0.3 is 0 Å². The first-order chi connectivity index (χ1) is 10.9. The molecule has 0 spiro atoms. The van der Waals surface area contributed by atoms with Crippen molar-refractivity contribution in [3.63, 3.8) is 0 Å². The summed E-state index contributed by atoms with van der Waals surface area (Å²) in [7, 11) is -13.4. The monoisotopic (exact) mass is 418 g/mol. The smallest absolute Gasteiger partial charge is 0.269 e. The Balaban J connectivity index is 3.73. The molecule has 1 unspecified atom stereocenters. The van der Waals surface area contributed by atoms with Gasteiger partial charge >= 0.3 is 0 Å². The Labute approximate surface area is 148 Å². The minimum absolute atomic E-state index is 0.0640. The highest BCUT2D eigenvalue weighted by Gasteiger charge is 2.43. The normalized spacial score (nSPS) is 22.4. The van der Waals surface area contributed by atoms with Gasteiger partial charge in [-0.05, 0) is 36.0 Å². The molecule has 0 saturated heterocycles. The first-order valence-corrected chi connectivity index (χ1v) is 11.9. The SMILES string of the molecule is CC1=C(CS(=O)(=O)O)C(C)(C)C(CS(=O)(=O)O)C(C)=C1CS(=O)(=O)O. The van der Waals surface area contributed by atoms with Gasteiger partial charge in [-0.2, -0.15) is 25.3 Å². The van der Waals surface area contributed by atoms with Gasteiger partial charge in [0.15, 0.2) is 0 Å². The van der Waals surface area contributed by atoms with E-state index in [0.717, 1.165) is 0 Å². The Kier molecular flexibility index (Phi) is 6.00. The Bertz CT molecular complexity index is 933. The molecule has 9 nitrogen and oxygen atoms in total. The van der Waals surface area contributed by atoms with Gasteiger partial charge in [0.2, 0.25) is 0 Å². The topological polar surface area (TPSA) is 163 Å². The molecule has 1 aliphatic carbocycles. The number of rotatable bonds is 6. The summed E-state index contributed by atoms with van der Waals surface area (Å²) in [5, 5.41) is 0. The van der Waals surface area contributed by atoms with E-state index in [-0.39, 0.29) is 16.7 Å². The maximum Gasteiger partial charge on any atom is 0.269 e. The van der Waals surface area contributed by atoms with Crippen LogP contribution in [-0.2, 0) is 30.4 Å². The molecular formula is C13H22O9S3. The molecule has 146 valence electrons. The predicted octanol–water partition coefficient (Wildman–Crippen LogP) is 0.939. The molecule has 0 fully saturated rings. The van der Waals surface area contributed by atoms with Crippen molar-refractivity contribution in [1.29, 1.82) is 0 Å². The fourth-order valence-corrected chi connectivity index (χ4v) is 6.20. The standard InChI is InChI=1S/C13H22O9S3/c1-8-10(5-23(14,15)16)9(2)12(7-25(20,21)22)13(3,4)11(8)6-24(17,18)19/h11H,5-7H2,1-4H3,(H,14,15,16)(H,17,18,19)(H,20,21,22). The molecule has 25 heavy (non-hydrogen) atoms. The zero-order valence-electron chi connectivity index (χ0n) is 14.2. The van der Waals surface area contributed by atoms with Crippen molar-refractivity contribution in [3.05, 3.63) is 22.3 Å². The van der Waals surface area contributed by atoms with E-state index < -0.39 is 58.9 Å². The minimum atomic E-state index is -4.48. The Hall–Kier alpha value is -0.790. The predicted molar refractivity (Wildman–Crippen MR) is 91.9 cm³/mol. The Morgan fingerprint density at radius 3 is 1.64 bits per heavy atom. The van der Waals surface area contributed by atoms with Crippen LogP contribution in [0.15, 0.2) is 22.3 Å². The van der Waals surface area contributed by atoms with Crippen LogP contribution in [0.2, 0.25) is 0 Å². The second-order valence-corrected chi connectivity index (χ2v) is 11.1. The van der Waals surface area contributed by atoms with E-state index in [1.165, 1.54) is 13.8 Å². The molecule has 0 bridgehead atoms. The molecule has 0 aromatic carbocycles. The highest BCUT2D eigenvalue weighted by molar-refractivity contribution is 7.86. The summed E-state index contributed by atoms with van der Waals surface area (Å²) in [5.74, 6) is -3.36. The fraction of sp³-hybridized carbons (Fsp3) is 0.692. The molecule has 1 atom stereocenters. The number of allylic oxidation sites excluding steroid dienone is 2. The maximum atomic E-state index is 11.4. The molecule has 0 heterocycles. The van der Waals surface area contributed by atoms with Crippen LogP contribution >= 0.6 is 0 Å². The molecule has 0 amide bonds. The Morgan fingerprint density at radius 2 is 1.28 bits per heavy atom. The van der Waals surface area contributed by atoms with E-state index in [9.17, 15) is 34.4 Å². The lowest BCUT2D eigenvalue weighted by molar-refractivity contribution is 0.310. The van der Waals surface area contributed by atoms with Crippen LogP contribution in [0, 0.1) is 11.3 Å². The summed E-state index contributed by atoms with van der Waals surface area (Å²) in [4.78, 5) is 0. The third-order valence-electron chi connectivity index (χ3n) is 4.58. The fourth-order valence-electron chi connectivity index (χ4n) is 3.35. The summed E-state index contributed by atoms with van der Waals surface area (Å²) in [6.07, 6.45) is 0. The highest BCUT2D eigenvalue weighted by atomic mass is 32.2. The van der Waals surface area contributed by atoms with Gasteiger partial charge in [0, 0.05) is 5.92 Å². The maximum absolute atomic E-state index is 11.4. The van der Waals surface area contributed by atoms with E-state index >= 15 is 0 Å². The van der Waals surface area contributed by atoms with Crippen LogP contribution in [0.1, 0.15) is 27.7 Å². The first kappa shape index (κ1) is 22.3. The minimum Gasteiger partial charge on any atom is -0.286 e. The van der Waals surface area contributed by atoms with Gasteiger partial charge in [-0.3, -0.25) is 13.7 Å². The number of hydrogen-bond donors (Lipinski definition) is 3. The summed E-state index contributed by atoms with van der Waals surface area (Å²) in [6, 6.07) is 0. The van der Waals surface area contributed by atoms with Crippen molar-refractivity contribution in [3.8, 4) is 0 Å². The van der Waals surface area contributed by atoms with E-state index in [0.29, 0.717) is 5.57 Å². The third kappa shape index (κ3) is 5.86. The average Bonchev–Trinajstić information content (AvgIpc) is 2.33. The van der Waals surface area contributed by atoms with Crippen LogP contribution in [0.4, 0.5) is 0 Å². The van der Waals surface area contributed by atoms with Gasteiger partial charge in [0.05, 0.1) is 11.5 Å². The van der Waals surface area contributed by atoms with Crippen molar-refractivity contribution in [2.75, 3.05) is 17.3 Å². The van der Waals surface area contributed by atoms with Crippen LogP contribution in [0.3, 0.4) is 0 Å². The van der Waals surface area contributed by atoms with Crippen molar-refractivity contribution < 1.29 is 38.9 Å². The molecule has 0 saturated carbocycles. The zero-order chi connectivity index (χ0) is 20.0. The van der Waals surface area contributed by atoms with Crippen LogP contribution in [0.25, 0.3) is 0 Å². The Morgan fingerprint density at radius 1 is 0.840 bits per heavy atom. The van der Waals surface area contributed by atoms with E-state index in [2.05, 4.69) is 0 Å². The van der Waals surface area contributed by atoms with E-state index in [1.54, 1.807) is 13.8 Å². The van der Waals surface area contributed by atoms with Crippen LogP contribution in [-0.4, -0.2) is 56.2 Å². The summed E-state index contributed by atoms with van der Waals surface area (Å²) >= 11 is 0. The summed E-state index contributed by atoms with van der Waals surface area (Å²) in [5.41, 5.74) is -0.383. The van der Waals surface area contributed by atoms with E-state index in [4.69, 9.17) is 4.55 Å². The lowest BCUT2D eigenvalue weighted by atomic mass is 9.65. The molecule has 0 radical (unpaired) electrons. The molecule has 1 rings (SSSR count). The molecular weight excluding hydrogens is 396 g/mol. The quantitative estimate of drug-likeness (QED) is 0.532. The molecule has 0 aromatic heterocycles. The summed E-state index contributed by atoms with van der Waals surface area (Å²) < 4.78 is 95.7. The number of hydrogen-bond acceptors (Lipinski definition) is 6. The third-order valence-corrected chi connectivity index (χ3v) is 6.65. The summed E-state index contributed by atoms with van der Waals surface area (Å²) in [6.45, 7) is 5.99. The molecule has 0 aliphatic heterocycles. The molecule has 0 aromatic rings. The van der Waals surface area contributed by atoms with Crippen LogP contribution in [0.5, 0.6) is 0 Å². The van der Waals surface area contributed by atoms with Gasteiger partial charge in [-0.15, -0.1) is 0 Å². The van der Waals surface area contributed by atoms with E-state index in [1.807, 2.05) is 0 Å². The van der Waals surface area contributed by atoms with Crippen molar-refractivity contribution in [2.45, 2.75) is 27.7 Å². The average molecular weight is 419 g/mol. The molecule has 3 N–H and O–H groups in total. The van der Waals surface area contributed by atoms with Crippen molar-refractivity contribution >= 4 is 30.4 Å². The lowest BCUT2D eigenvalue weighted by Crippen LogP contribution is -2.39.